The minimum Gasteiger partial charge on any atom is -0.305 e. The predicted molar refractivity (Wildman–Crippen MR) is 48.5 cm³/mol. The maximum absolute atomic E-state index is 8.74. The predicted octanol–water partition coefficient (Wildman–Crippen LogP) is 0.882. The molecule has 1 unspecified atom stereocenters. The number of nitrogens with zero attached hydrogens (tertiary/aromatic N) is 3. The zero-order valence-electron chi connectivity index (χ0n) is 8.12. The van der Waals surface area contributed by atoms with Gasteiger partial charge in [-0.15, -0.1) is 0 Å². The van der Waals surface area contributed by atoms with Gasteiger partial charge in [0.1, 0.15) is 0 Å². The molecule has 1 aliphatic heterocycles. The van der Waals surface area contributed by atoms with Gasteiger partial charge in [0.05, 0.1) is 0 Å². The van der Waals surface area contributed by atoms with Crippen LogP contribution in [0.1, 0.15) is 20.8 Å². The SMILES string of the molecule is CC1CN(C(C)C)CCN1C#N. The van der Waals surface area contributed by atoms with Gasteiger partial charge in [-0.3, -0.25) is 4.90 Å². The molecule has 1 heterocycles. The molecule has 0 saturated carbocycles. The third kappa shape index (κ3) is 1.89. The molecule has 0 amide bonds. The molecular formula is C9H17N3. The van der Waals surface area contributed by atoms with Crippen molar-refractivity contribution in [1.82, 2.24) is 9.80 Å². The Morgan fingerprint density at radius 2 is 2.08 bits per heavy atom. The highest BCUT2D eigenvalue weighted by molar-refractivity contribution is 4.87. The third-order valence-corrected chi connectivity index (χ3v) is 2.52. The minimum atomic E-state index is 0.381. The van der Waals surface area contributed by atoms with E-state index in [9.17, 15) is 0 Å². The fourth-order valence-electron chi connectivity index (χ4n) is 1.60. The second-order valence-electron chi connectivity index (χ2n) is 3.73. The van der Waals surface area contributed by atoms with E-state index in [1.807, 2.05) is 4.90 Å². The number of hydrogen-bond acceptors (Lipinski definition) is 3. The summed E-state index contributed by atoms with van der Waals surface area (Å²) in [4.78, 5) is 4.28. The van der Waals surface area contributed by atoms with Crippen LogP contribution in [0.5, 0.6) is 0 Å². The van der Waals surface area contributed by atoms with Crippen LogP contribution >= 0.6 is 0 Å². The number of piperazine rings is 1. The van der Waals surface area contributed by atoms with Crippen molar-refractivity contribution in [2.24, 2.45) is 0 Å². The average Bonchev–Trinajstić information content (AvgIpc) is 2.04. The van der Waals surface area contributed by atoms with Gasteiger partial charge in [0.2, 0.25) is 0 Å². The maximum Gasteiger partial charge on any atom is 0.179 e. The fraction of sp³-hybridized carbons (Fsp3) is 0.889. The topological polar surface area (TPSA) is 30.3 Å². The van der Waals surface area contributed by atoms with Crippen molar-refractivity contribution in [3.8, 4) is 6.19 Å². The summed E-state index contributed by atoms with van der Waals surface area (Å²) >= 11 is 0. The molecule has 1 saturated heterocycles. The summed E-state index contributed by atoms with van der Waals surface area (Å²) in [6, 6.07) is 0.986. The van der Waals surface area contributed by atoms with Crippen LogP contribution in [0.25, 0.3) is 0 Å². The monoisotopic (exact) mass is 167 g/mol. The van der Waals surface area contributed by atoms with E-state index in [0.717, 1.165) is 19.6 Å². The van der Waals surface area contributed by atoms with Gasteiger partial charge < -0.3 is 4.90 Å². The van der Waals surface area contributed by atoms with Crippen LogP contribution in [0.4, 0.5) is 0 Å². The summed E-state index contributed by atoms with van der Waals surface area (Å²) in [5.41, 5.74) is 0. The first-order valence-electron chi connectivity index (χ1n) is 4.55. The van der Waals surface area contributed by atoms with Gasteiger partial charge in [-0.05, 0) is 20.8 Å². The molecule has 0 spiro atoms. The lowest BCUT2D eigenvalue weighted by atomic mass is 10.2. The maximum atomic E-state index is 8.74. The summed E-state index contributed by atoms with van der Waals surface area (Å²) in [7, 11) is 0. The summed E-state index contributed by atoms with van der Waals surface area (Å²) in [5.74, 6) is 0. The van der Waals surface area contributed by atoms with Crippen molar-refractivity contribution in [2.75, 3.05) is 19.6 Å². The lowest BCUT2D eigenvalue weighted by Gasteiger charge is -2.38. The van der Waals surface area contributed by atoms with E-state index in [-0.39, 0.29) is 0 Å². The highest BCUT2D eigenvalue weighted by Gasteiger charge is 2.23. The van der Waals surface area contributed by atoms with Gasteiger partial charge in [0.25, 0.3) is 0 Å². The van der Waals surface area contributed by atoms with Crippen molar-refractivity contribution in [3.63, 3.8) is 0 Å². The molecule has 12 heavy (non-hydrogen) atoms. The average molecular weight is 167 g/mol. The molecule has 3 heteroatoms. The molecule has 0 N–H and O–H groups in total. The van der Waals surface area contributed by atoms with Crippen LogP contribution in [0.15, 0.2) is 0 Å². The van der Waals surface area contributed by atoms with Crippen molar-refractivity contribution >= 4 is 0 Å². The second kappa shape index (κ2) is 3.77. The summed E-state index contributed by atoms with van der Waals surface area (Å²) in [6.45, 7) is 9.44. The van der Waals surface area contributed by atoms with Gasteiger partial charge >= 0.3 is 0 Å². The number of hydrogen-bond donors (Lipinski definition) is 0. The summed E-state index contributed by atoms with van der Waals surface area (Å²) in [6.07, 6.45) is 2.22. The third-order valence-electron chi connectivity index (χ3n) is 2.52. The number of rotatable bonds is 1. The van der Waals surface area contributed by atoms with Crippen molar-refractivity contribution < 1.29 is 0 Å². The van der Waals surface area contributed by atoms with Gasteiger partial charge in [-0.1, -0.05) is 0 Å². The van der Waals surface area contributed by atoms with E-state index in [2.05, 4.69) is 31.9 Å². The Balaban J connectivity index is 2.47. The van der Waals surface area contributed by atoms with E-state index in [4.69, 9.17) is 5.26 Å². The second-order valence-corrected chi connectivity index (χ2v) is 3.73. The standard InChI is InChI=1S/C9H17N3/c1-8(2)11-4-5-12(7-10)9(3)6-11/h8-9H,4-6H2,1-3H3. The molecule has 0 aromatic heterocycles. The molecule has 1 aliphatic rings. The van der Waals surface area contributed by atoms with Crippen molar-refractivity contribution in [1.29, 1.82) is 5.26 Å². The van der Waals surface area contributed by atoms with Gasteiger partial charge in [-0.25, -0.2) is 0 Å². The molecule has 0 radical (unpaired) electrons. The summed E-state index contributed by atoms with van der Waals surface area (Å²) < 4.78 is 0. The van der Waals surface area contributed by atoms with E-state index >= 15 is 0 Å². The van der Waals surface area contributed by atoms with Crippen LogP contribution in [0.2, 0.25) is 0 Å². The van der Waals surface area contributed by atoms with Crippen LogP contribution in [-0.2, 0) is 0 Å². The molecule has 0 aromatic rings. The Hall–Kier alpha value is -0.750. The number of nitriles is 1. The zero-order chi connectivity index (χ0) is 9.14. The first-order valence-corrected chi connectivity index (χ1v) is 4.55. The first-order chi connectivity index (χ1) is 5.65. The lowest BCUT2D eigenvalue weighted by Crippen LogP contribution is -2.51. The molecule has 0 aromatic carbocycles. The molecular weight excluding hydrogens is 150 g/mol. The van der Waals surface area contributed by atoms with Gasteiger partial charge in [-0.2, -0.15) is 5.26 Å². The van der Waals surface area contributed by atoms with Gasteiger partial charge in [0.15, 0.2) is 6.19 Å². The lowest BCUT2D eigenvalue weighted by molar-refractivity contribution is 0.102. The molecule has 68 valence electrons. The van der Waals surface area contributed by atoms with Crippen LogP contribution in [0, 0.1) is 11.5 Å². The van der Waals surface area contributed by atoms with Crippen LogP contribution in [-0.4, -0.2) is 41.5 Å². The Kier molecular flexibility index (Phi) is 2.93. The Labute approximate surface area is 74.6 Å². The molecule has 3 nitrogen and oxygen atoms in total. The molecule has 0 bridgehead atoms. The van der Waals surface area contributed by atoms with E-state index in [0.29, 0.717) is 12.1 Å². The highest BCUT2D eigenvalue weighted by Crippen LogP contribution is 2.10. The van der Waals surface area contributed by atoms with E-state index in [1.54, 1.807) is 0 Å². The fourth-order valence-corrected chi connectivity index (χ4v) is 1.60. The Bertz CT molecular complexity index is 183. The minimum absolute atomic E-state index is 0.381. The normalized spacial score (nSPS) is 25.9. The zero-order valence-corrected chi connectivity index (χ0v) is 8.12. The largest absolute Gasteiger partial charge is 0.305 e. The van der Waals surface area contributed by atoms with Crippen molar-refractivity contribution in [3.05, 3.63) is 0 Å². The van der Waals surface area contributed by atoms with E-state index in [1.165, 1.54) is 0 Å². The molecule has 0 aliphatic carbocycles. The first kappa shape index (κ1) is 9.34. The molecule has 1 atom stereocenters. The Morgan fingerprint density at radius 3 is 2.50 bits per heavy atom. The molecule has 1 fully saturated rings. The van der Waals surface area contributed by atoms with Crippen LogP contribution < -0.4 is 0 Å². The van der Waals surface area contributed by atoms with E-state index < -0.39 is 0 Å². The van der Waals surface area contributed by atoms with Crippen LogP contribution in [0.3, 0.4) is 0 Å². The van der Waals surface area contributed by atoms with Gasteiger partial charge in [0, 0.05) is 31.7 Å². The summed E-state index contributed by atoms with van der Waals surface area (Å²) in [5, 5.41) is 8.74. The highest BCUT2D eigenvalue weighted by atomic mass is 15.3. The van der Waals surface area contributed by atoms with Crippen molar-refractivity contribution in [2.45, 2.75) is 32.9 Å². The smallest absolute Gasteiger partial charge is 0.179 e. The molecule has 1 rings (SSSR count). The quantitative estimate of drug-likeness (QED) is 0.543. The Morgan fingerprint density at radius 1 is 1.42 bits per heavy atom.